The van der Waals surface area contributed by atoms with E-state index in [0.717, 1.165) is 0 Å². The van der Waals surface area contributed by atoms with Gasteiger partial charge in [0.15, 0.2) is 0 Å². The molecule has 0 saturated heterocycles. The zero-order valence-corrected chi connectivity index (χ0v) is 9.13. The number of anilines is 1. The second-order valence-corrected chi connectivity index (χ2v) is 3.10. The molecular formula is C11H15F2NO2. The van der Waals surface area contributed by atoms with E-state index in [9.17, 15) is 8.78 Å². The van der Waals surface area contributed by atoms with Crippen LogP contribution in [0.15, 0.2) is 18.2 Å². The number of hydrogen-bond acceptors (Lipinski definition) is 3. The van der Waals surface area contributed by atoms with Crippen molar-refractivity contribution in [1.82, 2.24) is 0 Å². The maximum Gasteiger partial charge on any atom is 0.142 e. The van der Waals surface area contributed by atoms with Crippen LogP contribution in [-0.2, 0) is 4.74 Å². The molecule has 1 aromatic carbocycles. The lowest BCUT2D eigenvalue weighted by atomic mass is 10.3. The first kappa shape index (κ1) is 12.7. The van der Waals surface area contributed by atoms with E-state index >= 15 is 0 Å². The molecule has 0 aliphatic rings. The molecule has 0 bridgehead atoms. The lowest BCUT2D eigenvalue weighted by Gasteiger charge is -2.12. The zero-order chi connectivity index (χ0) is 11.8. The molecule has 1 rings (SSSR count). The fourth-order valence-corrected chi connectivity index (χ4v) is 1.18. The molecule has 0 amide bonds. The average molecular weight is 231 g/mol. The van der Waals surface area contributed by atoms with Gasteiger partial charge in [-0.1, -0.05) is 0 Å². The highest BCUT2D eigenvalue weighted by Gasteiger charge is 2.04. The maximum absolute atomic E-state index is 12.9. The molecule has 0 spiro atoms. The summed E-state index contributed by atoms with van der Waals surface area (Å²) in [4.78, 5) is 0. The topological polar surface area (TPSA) is 30.5 Å². The van der Waals surface area contributed by atoms with Gasteiger partial charge in [0.1, 0.15) is 24.8 Å². The third-order valence-corrected chi connectivity index (χ3v) is 1.90. The standard InChI is InChI=1S/C11H15F2NO2/c1-15-6-7-16-11-3-2-9(13)8-10(11)14-5-4-12/h2-3,8,14H,4-7H2,1H3. The van der Waals surface area contributed by atoms with Gasteiger partial charge in [-0.15, -0.1) is 0 Å². The molecule has 0 unspecified atom stereocenters. The van der Waals surface area contributed by atoms with E-state index in [0.29, 0.717) is 24.7 Å². The number of nitrogens with one attached hydrogen (secondary N) is 1. The Balaban J connectivity index is 2.64. The van der Waals surface area contributed by atoms with Gasteiger partial charge in [-0.05, 0) is 12.1 Å². The van der Waals surface area contributed by atoms with Crippen LogP contribution in [0.2, 0.25) is 0 Å². The minimum Gasteiger partial charge on any atom is -0.489 e. The Kier molecular flexibility index (Phi) is 5.56. The summed E-state index contributed by atoms with van der Waals surface area (Å²) in [6.45, 7) is 0.421. The van der Waals surface area contributed by atoms with E-state index in [1.807, 2.05) is 0 Å². The molecule has 90 valence electrons. The van der Waals surface area contributed by atoms with Gasteiger partial charge in [0.2, 0.25) is 0 Å². The van der Waals surface area contributed by atoms with E-state index in [2.05, 4.69) is 5.32 Å². The van der Waals surface area contributed by atoms with E-state index in [1.165, 1.54) is 18.2 Å². The molecule has 0 aliphatic heterocycles. The highest BCUT2D eigenvalue weighted by molar-refractivity contribution is 5.56. The lowest BCUT2D eigenvalue weighted by molar-refractivity contribution is 0.146. The van der Waals surface area contributed by atoms with Gasteiger partial charge < -0.3 is 14.8 Å². The maximum atomic E-state index is 12.9. The predicted octanol–water partition coefficient (Wildman–Crippen LogP) is 2.23. The number of hydrogen-bond donors (Lipinski definition) is 1. The molecule has 1 N–H and O–H groups in total. The van der Waals surface area contributed by atoms with Gasteiger partial charge in [-0.2, -0.15) is 0 Å². The summed E-state index contributed by atoms with van der Waals surface area (Å²) < 4.78 is 35.1. The SMILES string of the molecule is COCCOc1ccc(F)cc1NCCF. The van der Waals surface area contributed by atoms with Crippen molar-refractivity contribution < 1.29 is 18.3 Å². The van der Waals surface area contributed by atoms with Crippen molar-refractivity contribution in [3.63, 3.8) is 0 Å². The number of halogens is 2. The van der Waals surface area contributed by atoms with Crippen molar-refractivity contribution in [2.45, 2.75) is 0 Å². The molecule has 0 radical (unpaired) electrons. The van der Waals surface area contributed by atoms with Crippen molar-refractivity contribution in [3.8, 4) is 5.75 Å². The Hall–Kier alpha value is -1.36. The van der Waals surface area contributed by atoms with Gasteiger partial charge in [0, 0.05) is 19.7 Å². The van der Waals surface area contributed by atoms with Crippen LogP contribution < -0.4 is 10.1 Å². The quantitative estimate of drug-likeness (QED) is 0.730. The summed E-state index contributed by atoms with van der Waals surface area (Å²) in [5.74, 6) is 0.104. The molecule has 0 aliphatic carbocycles. The normalized spacial score (nSPS) is 10.2. The minimum atomic E-state index is -0.520. The molecule has 0 heterocycles. The predicted molar refractivity (Wildman–Crippen MR) is 58.2 cm³/mol. The first-order valence-corrected chi connectivity index (χ1v) is 4.99. The van der Waals surface area contributed by atoms with E-state index in [4.69, 9.17) is 9.47 Å². The number of ether oxygens (including phenoxy) is 2. The second kappa shape index (κ2) is 7.00. The van der Waals surface area contributed by atoms with Gasteiger partial charge in [0.05, 0.1) is 12.3 Å². The van der Waals surface area contributed by atoms with Crippen LogP contribution in [0, 0.1) is 5.82 Å². The first-order valence-electron chi connectivity index (χ1n) is 4.99. The van der Waals surface area contributed by atoms with Crippen molar-refractivity contribution >= 4 is 5.69 Å². The van der Waals surface area contributed by atoms with Gasteiger partial charge in [-0.25, -0.2) is 8.78 Å². The van der Waals surface area contributed by atoms with Crippen LogP contribution in [0.1, 0.15) is 0 Å². The van der Waals surface area contributed by atoms with E-state index in [1.54, 1.807) is 7.11 Å². The van der Waals surface area contributed by atoms with Crippen molar-refractivity contribution in [1.29, 1.82) is 0 Å². The van der Waals surface area contributed by atoms with Gasteiger partial charge >= 0.3 is 0 Å². The molecule has 0 saturated carbocycles. The highest BCUT2D eigenvalue weighted by atomic mass is 19.1. The summed E-state index contributed by atoms with van der Waals surface area (Å²) in [6, 6.07) is 4.08. The first-order chi connectivity index (χ1) is 7.77. The second-order valence-electron chi connectivity index (χ2n) is 3.10. The minimum absolute atomic E-state index is 0.129. The summed E-state index contributed by atoms with van der Waals surface area (Å²) in [6.07, 6.45) is 0. The Morgan fingerprint density at radius 3 is 2.81 bits per heavy atom. The van der Waals surface area contributed by atoms with E-state index < -0.39 is 6.67 Å². The lowest BCUT2D eigenvalue weighted by Crippen LogP contribution is -2.09. The van der Waals surface area contributed by atoms with Crippen molar-refractivity contribution in [2.75, 3.05) is 38.9 Å². The van der Waals surface area contributed by atoms with Crippen LogP contribution in [0.3, 0.4) is 0 Å². The Bertz CT molecular complexity index is 321. The third-order valence-electron chi connectivity index (χ3n) is 1.90. The third kappa shape index (κ3) is 4.02. The van der Waals surface area contributed by atoms with Crippen LogP contribution in [0.4, 0.5) is 14.5 Å². The van der Waals surface area contributed by atoms with E-state index in [-0.39, 0.29) is 12.4 Å². The Morgan fingerprint density at radius 2 is 2.12 bits per heavy atom. The number of benzene rings is 1. The molecule has 0 fully saturated rings. The van der Waals surface area contributed by atoms with Crippen LogP contribution in [0.5, 0.6) is 5.75 Å². The summed E-state index contributed by atoms with van der Waals surface area (Å²) in [7, 11) is 1.57. The smallest absolute Gasteiger partial charge is 0.142 e. The highest BCUT2D eigenvalue weighted by Crippen LogP contribution is 2.25. The summed E-state index contributed by atoms with van der Waals surface area (Å²) >= 11 is 0. The van der Waals surface area contributed by atoms with Gasteiger partial charge in [-0.3, -0.25) is 0 Å². The van der Waals surface area contributed by atoms with Crippen LogP contribution >= 0.6 is 0 Å². The van der Waals surface area contributed by atoms with Crippen molar-refractivity contribution in [2.24, 2.45) is 0 Å². The van der Waals surface area contributed by atoms with Crippen molar-refractivity contribution in [3.05, 3.63) is 24.0 Å². The molecular weight excluding hydrogens is 216 g/mol. The largest absolute Gasteiger partial charge is 0.489 e. The van der Waals surface area contributed by atoms with Gasteiger partial charge in [0.25, 0.3) is 0 Å². The Labute approximate surface area is 93.4 Å². The summed E-state index contributed by atoms with van der Waals surface area (Å²) in [5, 5.41) is 2.75. The number of rotatable bonds is 7. The van der Waals surface area contributed by atoms with Crippen LogP contribution in [-0.4, -0.2) is 33.5 Å². The fourth-order valence-electron chi connectivity index (χ4n) is 1.18. The molecule has 16 heavy (non-hydrogen) atoms. The number of methoxy groups -OCH3 is 1. The summed E-state index contributed by atoms with van der Waals surface area (Å²) in [5.41, 5.74) is 0.453. The average Bonchev–Trinajstić information content (AvgIpc) is 2.29. The molecule has 0 atom stereocenters. The fraction of sp³-hybridized carbons (Fsp3) is 0.455. The zero-order valence-electron chi connectivity index (χ0n) is 9.13. The Morgan fingerprint density at radius 1 is 1.31 bits per heavy atom. The van der Waals surface area contributed by atoms with Crippen LogP contribution in [0.25, 0.3) is 0 Å². The molecule has 1 aromatic rings. The molecule has 5 heteroatoms. The number of alkyl halides is 1. The molecule has 0 aromatic heterocycles. The molecule has 3 nitrogen and oxygen atoms in total. The monoisotopic (exact) mass is 231 g/mol.